The van der Waals surface area contributed by atoms with Crippen LogP contribution in [-0.2, 0) is 17.8 Å². The van der Waals surface area contributed by atoms with Gasteiger partial charge in [-0.3, -0.25) is 9.59 Å². The van der Waals surface area contributed by atoms with Crippen molar-refractivity contribution in [3.63, 3.8) is 0 Å². The second-order valence-electron chi connectivity index (χ2n) is 10.5. The third-order valence-electron chi connectivity index (χ3n) is 6.84. The molecule has 1 N–H and O–H groups in total. The van der Waals surface area contributed by atoms with Crippen molar-refractivity contribution in [1.29, 1.82) is 0 Å². The number of unbranched alkanes of at least 4 members (excludes halogenated alkanes) is 9. The molecule has 218 valence electrons. The van der Waals surface area contributed by atoms with Crippen molar-refractivity contribution in [2.75, 3.05) is 11.9 Å². The number of carbonyl (C=O) groups is 2. The number of Topliss-reactive ketones (excluding diaryl/α,β-unsaturated/α-hetero) is 1. The summed E-state index contributed by atoms with van der Waals surface area (Å²) >= 11 is 1.72. The van der Waals surface area contributed by atoms with Crippen molar-refractivity contribution in [2.45, 2.75) is 97.9 Å². The first kappa shape index (κ1) is 33.7. The number of ether oxygens (including phenoxy) is 1. The van der Waals surface area contributed by atoms with Gasteiger partial charge in [-0.05, 0) is 50.1 Å². The van der Waals surface area contributed by atoms with Crippen LogP contribution < -0.4 is 31.6 Å². The van der Waals surface area contributed by atoms with Crippen LogP contribution in [0.5, 0.6) is 5.75 Å². The van der Waals surface area contributed by atoms with E-state index >= 15 is 0 Å². The Labute approximate surface area is 255 Å². The molecule has 0 unspecified atom stereocenters. The summed E-state index contributed by atoms with van der Waals surface area (Å²) in [4.78, 5) is 26.3. The highest BCUT2D eigenvalue weighted by atomic mass is 79.9. The summed E-state index contributed by atoms with van der Waals surface area (Å²) in [5.74, 6) is 0.445. The topological polar surface area (TPSA) is 59.3 Å². The number of rotatable bonds is 18. The maximum Gasteiger partial charge on any atom is 0.228 e. The molecule has 0 aliphatic heterocycles. The lowest BCUT2D eigenvalue weighted by Crippen LogP contribution is -3.00. The largest absolute Gasteiger partial charge is 1.00 e. The molecular formula is C33H45BrN2O3S. The molecule has 0 bridgehead atoms. The minimum absolute atomic E-state index is 0. The van der Waals surface area contributed by atoms with E-state index in [1.165, 1.54) is 56.2 Å². The molecule has 2 aromatic carbocycles. The number of ketones is 1. The van der Waals surface area contributed by atoms with Crippen molar-refractivity contribution < 1.29 is 35.9 Å². The predicted octanol–water partition coefficient (Wildman–Crippen LogP) is 5.08. The monoisotopic (exact) mass is 628 g/mol. The Balaban J connectivity index is 0.00000560. The zero-order chi connectivity index (χ0) is 27.9. The van der Waals surface area contributed by atoms with Gasteiger partial charge in [0.2, 0.25) is 11.4 Å². The van der Waals surface area contributed by atoms with Gasteiger partial charge in [0.15, 0.2) is 18.5 Å². The Hall–Kier alpha value is -2.51. The molecule has 0 aliphatic carbocycles. The SMILES string of the molecule is CCCCCCCCCCCCOc1ccc(CC(=O)Nc2cccc(C[n+]3csc(C)c3)c2)cc1C(C)=O.[Br-]. The van der Waals surface area contributed by atoms with Crippen LogP contribution in [0, 0.1) is 6.92 Å². The summed E-state index contributed by atoms with van der Waals surface area (Å²) in [5, 5.41) is 3.00. The lowest BCUT2D eigenvalue weighted by Gasteiger charge is -2.12. The second-order valence-corrected chi connectivity index (χ2v) is 11.6. The molecule has 1 heterocycles. The van der Waals surface area contributed by atoms with Crippen LogP contribution in [0.15, 0.2) is 54.2 Å². The minimum atomic E-state index is -0.111. The van der Waals surface area contributed by atoms with Gasteiger partial charge in [-0.2, -0.15) is 4.57 Å². The van der Waals surface area contributed by atoms with E-state index in [1.807, 2.05) is 30.3 Å². The number of carbonyl (C=O) groups excluding carboxylic acids is 2. The average molecular weight is 630 g/mol. The highest BCUT2D eigenvalue weighted by molar-refractivity contribution is 7.09. The van der Waals surface area contributed by atoms with E-state index in [1.54, 1.807) is 24.3 Å². The predicted molar refractivity (Wildman–Crippen MR) is 161 cm³/mol. The Morgan fingerprint density at radius 3 is 2.25 bits per heavy atom. The van der Waals surface area contributed by atoms with E-state index < -0.39 is 0 Å². The fourth-order valence-electron chi connectivity index (χ4n) is 4.74. The van der Waals surface area contributed by atoms with Crippen LogP contribution in [0.2, 0.25) is 0 Å². The summed E-state index contributed by atoms with van der Waals surface area (Å²) < 4.78 is 8.11. The smallest absolute Gasteiger partial charge is 0.228 e. The molecule has 40 heavy (non-hydrogen) atoms. The number of nitrogens with zero attached hydrogens (tertiary/aromatic N) is 1. The fourth-order valence-corrected chi connectivity index (χ4v) is 5.37. The third-order valence-corrected chi connectivity index (χ3v) is 7.69. The highest BCUT2D eigenvalue weighted by Crippen LogP contribution is 2.22. The first-order valence-corrected chi connectivity index (χ1v) is 15.4. The number of amides is 1. The quantitative estimate of drug-likeness (QED) is 0.121. The summed E-state index contributed by atoms with van der Waals surface area (Å²) in [6.45, 7) is 7.26. The van der Waals surface area contributed by atoms with E-state index in [4.69, 9.17) is 4.74 Å². The molecule has 0 saturated carbocycles. The number of anilines is 1. The van der Waals surface area contributed by atoms with Gasteiger partial charge in [0, 0.05) is 11.3 Å². The Morgan fingerprint density at radius 2 is 1.60 bits per heavy atom. The molecule has 5 nitrogen and oxygen atoms in total. The number of aryl methyl sites for hydroxylation is 1. The van der Waals surface area contributed by atoms with Crippen molar-refractivity contribution in [2.24, 2.45) is 0 Å². The van der Waals surface area contributed by atoms with E-state index in [2.05, 4.69) is 41.5 Å². The molecule has 0 spiro atoms. The lowest BCUT2D eigenvalue weighted by molar-refractivity contribution is -0.683. The number of nitrogens with one attached hydrogen (secondary N) is 1. The van der Waals surface area contributed by atoms with Crippen LogP contribution >= 0.6 is 11.3 Å². The molecular weight excluding hydrogens is 584 g/mol. The van der Waals surface area contributed by atoms with Gasteiger partial charge in [-0.15, -0.1) is 0 Å². The number of hydrogen-bond acceptors (Lipinski definition) is 4. The zero-order valence-corrected chi connectivity index (χ0v) is 26.7. The summed E-state index contributed by atoms with van der Waals surface area (Å²) in [5.41, 5.74) is 5.33. The number of halogens is 1. The van der Waals surface area contributed by atoms with Crippen LogP contribution in [0.4, 0.5) is 5.69 Å². The third kappa shape index (κ3) is 12.3. The Kier molecular flexibility index (Phi) is 15.8. The van der Waals surface area contributed by atoms with Crippen LogP contribution in [0.1, 0.15) is 104 Å². The van der Waals surface area contributed by atoms with Crippen molar-refractivity contribution >= 4 is 28.7 Å². The van der Waals surface area contributed by atoms with Gasteiger partial charge in [0.1, 0.15) is 5.75 Å². The fraction of sp³-hybridized carbons (Fsp3) is 0.485. The lowest BCUT2D eigenvalue weighted by atomic mass is 10.0. The van der Waals surface area contributed by atoms with Crippen LogP contribution in [-0.4, -0.2) is 18.3 Å². The molecule has 0 fully saturated rings. The molecule has 3 rings (SSSR count). The van der Waals surface area contributed by atoms with E-state index in [0.717, 1.165) is 36.2 Å². The van der Waals surface area contributed by atoms with Crippen molar-refractivity contribution in [3.8, 4) is 5.75 Å². The maximum atomic E-state index is 12.8. The van der Waals surface area contributed by atoms with Crippen LogP contribution in [0.25, 0.3) is 0 Å². The first-order valence-electron chi connectivity index (χ1n) is 14.5. The number of aromatic nitrogens is 1. The molecule has 3 aromatic rings. The molecule has 0 radical (unpaired) electrons. The van der Waals surface area contributed by atoms with Crippen LogP contribution in [0.3, 0.4) is 0 Å². The summed E-state index contributed by atoms with van der Waals surface area (Å²) in [6, 6.07) is 13.4. The molecule has 0 saturated heterocycles. The van der Waals surface area contributed by atoms with Gasteiger partial charge in [0.05, 0.1) is 23.5 Å². The summed E-state index contributed by atoms with van der Waals surface area (Å²) in [6.07, 6.45) is 15.0. The van der Waals surface area contributed by atoms with Gasteiger partial charge >= 0.3 is 0 Å². The highest BCUT2D eigenvalue weighted by Gasteiger charge is 2.13. The number of hydrogen-bond donors (Lipinski definition) is 1. The first-order chi connectivity index (χ1) is 18.9. The van der Waals surface area contributed by atoms with Crippen molar-refractivity contribution in [3.05, 3.63) is 75.7 Å². The number of benzene rings is 2. The van der Waals surface area contributed by atoms with E-state index in [0.29, 0.717) is 17.9 Å². The van der Waals surface area contributed by atoms with Crippen molar-refractivity contribution in [1.82, 2.24) is 0 Å². The standard InChI is InChI=1S/C33H44N2O3S.BrH/c1-4-5-6-7-8-9-10-11-12-13-19-38-32-18-17-28(21-31(32)27(3)36)22-33(37)34-30-16-14-15-29(20-30)24-35-23-26(2)39-25-35;/h14-18,20-21,23,25H,4-13,19,22,24H2,1-3H3;1H. The number of thiazole rings is 1. The summed E-state index contributed by atoms with van der Waals surface area (Å²) in [7, 11) is 0. The molecule has 0 aliphatic rings. The second kappa shape index (κ2) is 18.8. The Bertz CT molecular complexity index is 1190. The van der Waals surface area contributed by atoms with Gasteiger partial charge in [0.25, 0.3) is 0 Å². The minimum Gasteiger partial charge on any atom is -1.00 e. The Morgan fingerprint density at radius 1 is 0.900 bits per heavy atom. The molecule has 0 atom stereocenters. The van der Waals surface area contributed by atoms with Gasteiger partial charge in [-0.25, -0.2) is 0 Å². The van der Waals surface area contributed by atoms with Gasteiger partial charge < -0.3 is 27.0 Å². The average Bonchev–Trinajstić information content (AvgIpc) is 3.32. The van der Waals surface area contributed by atoms with E-state index in [-0.39, 0.29) is 35.1 Å². The normalized spacial score (nSPS) is 10.7. The zero-order valence-electron chi connectivity index (χ0n) is 24.3. The molecule has 1 aromatic heterocycles. The maximum absolute atomic E-state index is 12.8. The van der Waals surface area contributed by atoms with E-state index in [9.17, 15) is 9.59 Å². The molecule has 1 amide bonds. The van der Waals surface area contributed by atoms with Gasteiger partial charge in [-0.1, -0.05) is 94.2 Å². The molecule has 7 heteroatoms.